The van der Waals surface area contributed by atoms with Crippen LogP contribution in [0.4, 0.5) is 0 Å². The monoisotopic (exact) mass is 290 g/mol. The Labute approximate surface area is 112 Å². The van der Waals surface area contributed by atoms with Crippen molar-refractivity contribution in [2.45, 2.75) is 6.54 Å². The SMILES string of the molecule is O=S(=O)(NCc1ccccc1Cl)N1CCOCC1. The second kappa shape index (κ2) is 5.99. The second-order valence-corrected chi connectivity index (χ2v) is 6.09. The number of halogens is 1. The molecule has 1 N–H and O–H groups in total. The molecule has 7 heteroatoms. The molecule has 1 heterocycles. The molecule has 0 amide bonds. The van der Waals surface area contributed by atoms with Gasteiger partial charge in [-0.1, -0.05) is 29.8 Å². The first-order valence-electron chi connectivity index (χ1n) is 5.65. The van der Waals surface area contributed by atoms with E-state index in [1.54, 1.807) is 12.1 Å². The third-order valence-corrected chi connectivity index (χ3v) is 4.64. The van der Waals surface area contributed by atoms with Crippen LogP contribution in [0.3, 0.4) is 0 Å². The number of nitrogens with zero attached hydrogens (tertiary/aromatic N) is 1. The summed E-state index contributed by atoms with van der Waals surface area (Å²) in [6.07, 6.45) is 0. The Kier molecular flexibility index (Phi) is 4.58. The van der Waals surface area contributed by atoms with Gasteiger partial charge in [0, 0.05) is 24.7 Å². The molecule has 0 atom stereocenters. The van der Waals surface area contributed by atoms with Crippen molar-refractivity contribution in [2.24, 2.45) is 0 Å². The molecule has 18 heavy (non-hydrogen) atoms. The van der Waals surface area contributed by atoms with E-state index in [-0.39, 0.29) is 6.54 Å². The molecule has 100 valence electrons. The van der Waals surface area contributed by atoms with Gasteiger partial charge in [-0.05, 0) is 11.6 Å². The standard InChI is InChI=1S/C11H15ClN2O3S/c12-11-4-2-1-3-10(11)9-13-18(15,16)14-5-7-17-8-6-14/h1-4,13H,5-9H2. The van der Waals surface area contributed by atoms with E-state index in [1.807, 2.05) is 12.1 Å². The van der Waals surface area contributed by atoms with Crippen LogP contribution in [-0.2, 0) is 21.5 Å². The fourth-order valence-electron chi connectivity index (χ4n) is 1.69. The molecule has 0 aliphatic carbocycles. The Morgan fingerprint density at radius 3 is 2.61 bits per heavy atom. The van der Waals surface area contributed by atoms with Crippen molar-refractivity contribution < 1.29 is 13.2 Å². The zero-order valence-electron chi connectivity index (χ0n) is 9.80. The summed E-state index contributed by atoms with van der Waals surface area (Å²) in [5.74, 6) is 0. The molecular weight excluding hydrogens is 276 g/mol. The lowest BCUT2D eigenvalue weighted by Crippen LogP contribution is -2.46. The van der Waals surface area contributed by atoms with Crippen molar-refractivity contribution in [3.63, 3.8) is 0 Å². The van der Waals surface area contributed by atoms with Gasteiger partial charge in [0.05, 0.1) is 13.2 Å². The van der Waals surface area contributed by atoms with Gasteiger partial charge in [0.2, 0.25) is 0 Å². The third kappa shape index (κ3) is 3.43. The fraction of sp³-hybridized carbons (Fsp3) is 0.455. The summed E-state index contributed by atoms with van der Waals surface area (Å²) >= 11 is 5.97. The molecule has 2 rings (SSSR count). The molecule has 0 radical (unpaired) electrons. The zero-order chi connectivity index (χ0) is 13.0. The van der Waals surface area contributed by atoms with Crippen LogP contribution in [0.5, 0.6) is 0 Å². The van der Waals surface area contributed by atoms with Gasteiger partial charge in [-0.3, -0.25) is 0 Å². The molecule has 1 aromatic rings. The summed E-state index contributed by atoms with van der Waals surface area (Å²) in [5, 5.41) is 0.558. The lowest BCUT2D eigenvalue weighted by Gasteiger charge is -2.26. The smallest absolute Gasteiger partial charge is 0.279 e. The highest BCUT2D eigenvalue weighted by molar-refractivity contribution is 7.87. The molecular formula is C11H15ClN2O3S. The van der Waals surface area contributed by atoms with Gasteiger partial charge in [0.25, 0.3) is 10.2 Å². The number of morpholine rings is 1. The lowest BCUT2D eigenvalue weighted by molar-refractivity contribution is 0.0725. The minimum absolute atomic E-state index is 0.194. The molecule has 1 saturated heterocycles. The van der Waals surface area contributed by atoms with Crippen molar-refractivity contribution >= 4 is 21.8 Å². The van der Waals surface area contributed by atoms with E-state index in [0.29, 0.717) is 31.3 Å². The fourth-order valence-corrected chi connectivity index (χ4v) is 3.04. The van der Waals surface area contributed by atoms with Crippen molar-refractivity contribution in [1.29, 1.82) is 0 Å². The van der Waals surface area contributed by atoms with E-state index in [0.717, 1.165) is 5.56 Å². The third-order valence-electron chi connectivity index (χ3n) is 2.71. The number of hydrogen-bond donors (Lipinski definition) is 1. The first kappa shape index (κ1) is 13.8. The van der Waals surface area contributed by atoms with E-state index in [9.17, 15) is 8.42 Å². The van der Waals surface area contributed by atoms with E-state index < -0.39 is 10.2 Å². The molecule has 1 aliphatic rings. The molecule has 1 fully saturated rings. The van der Waals surface area contributed by atoms with Gasteiger partial charge in [0.15, 0.2) is 0 Å². The number of hydrogen-bond acceptors (Lipinski definition) is 3. The van der Waals surface area contributed by atoms with Gasteiger partial charge in [0.1, 0.15) is 0 Å². The van der Waals surface area contributed by atoms with Gasteiger partial charge in [-0.25, -0.2) is 0 Å². The Hall–Kier alpha value is -0.660. The van der Waals surface area contributed by atoms with Crippen LogP contribution >= 0.6 is 11.6 Å². The summed E-state index contributed by atoms with van der Waals surface area (Å²) in [6, 6.07) is 7.16. The Morgan fingerprint density at radius 1 is 1.28 bits per heavy atom. The lowest BCUT2D eigenvalue weighted by atomic mass is 10.2. The minimum atomic E-state index is -3.45. The van der Waals surface area contributed by atoms with Crippen LogP contribution in [0.25, 0.3) is 0 Å². The van der Waals surface area contributed by atoms with Crippen molar-refractivity contribution in [2.75, 3.05) is 26.3 Å². The van der Waals surface area contributed by atoms with Crippen LogP contribution in [0.1, 0.15) is 5.56 Å². The van der Waals surface area contributed by atoms with E-state index in [2.05, 4.69) is 4.72 Å². The second-order valence-electron chi connectivity index (χ2n) is 3.93. The summed E-state index contributed by atoms with van der Waals surface area (Å²) in [5.41, 5.74) is 0.760. The van der Waals surface area contributed by atoms with Crippen molar-refractivity contribution in [1.82, 2.24) is 9.03 Å². The Morgan fingerprint density at radius 2 is 1.94 bits per heavy atom. The molecule has 0 saturated carbocycles. The number of nitrogens with one attached hydrogen (secondary N) is 1. The summed E-state index contributed by atoms with van der Waals surface area (Å²) in [6.45, 7) is 1.84. The maximum Gasteiger partial charge on any atom is 0.279 e. The molecule has 1 aliphatic heterocycles. The van der Waals surface area contributed by atoms with Crippen LogP contribution in [0.2, 0.25) is 5.02 Å². The minimum Gasteiger partial charge on any atom is -0.379 e. The molecule has 0 bridgehead atoms. The van der Waals surface area contributed by atoms with Gasteiger partial charge >= 0.3 is 0 Å². The molecule has 0 spiro atoms. The predicted octanol–water partition coefficient (Wildman–Crippen LogP) is 1.01. The Bertz CT molecular complexity index is 501. The van der Waals surface area contributed by atoms with Gasteiger partial charge < -0.3 is 4.74 Å². The van der Waals surface area contributed by atoms with Gasteiger partial charge in [-0.2, -0.15) is 17.4 Å². The van der Waals surface area contributed by atoms with Crippen LogP contribution in [0, 0.1) is 0 Å². The highest BCUT2D eigenvalue weighted by Gasteiger charge is 2.23. The van der Waals surface area contributed by atoms with Gasteiger partial charge in [-0.15, -0.1) is 0 Å². The summed E-state index contributed by atoms with van der Waals surface area (Å²) in [4.78, 5) is 0. The van der Waals surface area contributed by atoms with Crippen LogP contribution in [-0.4, -0.2) is 39.0 Å². The highest BCUT2D eigenvalue weighted by Crippen LogP contribution is 2.15. The van der Waals surface area contributed by atoms with E-state index in [1.165, 1.54) is 4.31 Å². The number of rotatable bonds is 4. The van der Waals surface area contributed by atoms with Crippen LogP contribution in [0.15, 0.2) is 24.3 Å². The first-order chi connectivity index (χ1) is 8.59. The largest absolute Gasteiger partial charge is 0.379 e. The molecule has 0 aromatic heterocycles. The predicted molar refractivity (Wildman–Crippen MR) is 69.6 cm³/mol. The normalized spacial score (nSPS) is 17.8. The van der Waals surface area contributed by atoms with E-state index >= 15 is 0 Å². The maximum absolute atomic E-state index is 12.0. The highest BCUT2D eigenvalue weighted by atomic mass is 35.5. The topological polar surface area (TPSA) is 58.6 Å². The first-order valence-corrected chi connectivity index (χ1v) is 7.47. The average Bonchev–Trinajstić information content (AvgIpc) is 2.39. The van der Waals surface area contributed by atoms with Crippen molar-refractivity contribution in [3.8, 4) is 0 Å². The zero-order valence-corrected chi connectivity index (χ0v) is 11.4. The number of benzene rings is 1. The molecule has 1 aromatic carbocycles. The maximum atomic E-state index is 12.0. The summed E-state index contributed by atoms with van der Waals surface area (Å²) in [7, 11) is -3.45. The molecule has 0 unspecified atom stereocenters. The van der Waals surface area contributed by atoms with Crippen LogP contribution < -0.4 is 4.72 Å². The average molecular weight is 291 g/mol. The Balaban J connectivity index is 1.98. The number of ether oxygens (including phenoxy) is 1. The quantitative estimate of drug-likeness (QED) is 0.900. The van der Waals surface area contributed by atoms with E-state index in [4.69, 9.17) is 16.3 Å². The van der Waals surface area contributed by atoms with Crippen molar-refractivity contribution in [3.05, 3.63) is 34.9 Å². The summed E-state index contributed by atoms with van der Waals surface area (Å²) < 4.78 is 33.0. The molecule has 5 nitrogen and oxygen atoms in total.